The third kappa shape index (κ3) is 8.31. The van der Waals surface area contributed by atoms with Crippen LogP contribution in [0.1, 0.15) is 44.1 Å². The number of anilines is 1. The molecule has 0 aliphatic carbocycles. The largest absolute Gasteiger partial charge is 0.490 e. The molecule has 0 radical (unpaired) electrons. The summed E-state index contributed by atoms with van der Waals surface area (Å²) in [5.74, 6) is -4.32. The zero-order chi connectivity index (χ0) is 26.3. The van der Waals surface area contributed by atoms with Gasteiger partial charge in [-0.15, -0.1) is 0 Å². The molecule has 0 saturated carbocycles. The van der Waals surface area contributed by atoms with Crippen LogP contribution in [0.25, 0.3) is 0 Å². The fourth-order valence-corrected chi connectivity index (χ4v) is 3.52. The third-order valence-corrected chi connectivity index (χ3v) is 5.02. The van der Waals surface area contributed by atoms with Gasteiger partial charge in [-0.25, -0.2) is 14.6 Å². The normalized spacial score (nSPS) is 20.1. The number of methoxy groups -OCH3 is 1. The van der Waals surface area contributed by atoms with Crippen LogP contribution in [0.2, 0.25) is 0 Å². The lowest BCUT2D eigenvalue weighted by Gasteiger charge is -2.37. The predicted molar refractivity (Wildman–Crippen MR) is 109 cm³/mol. The van der Waals surface area contributed by atoms with Gasteiger partial charge in [0.2, 0.25) is 0 Å². The number of nitrogens with one attached hydrogen (secondary N) is 1. The number of nitrogens with zero attached hydrogens (tertiary/aromatic N) is 2. The quantitative estimate of drug-likeness (QED) is 0.535. The summed E-state index contributed by atoms with van der Waals surface area (Å²) in [5, 5.41) is 17.8. The first kappa shape index (κ1) is 29.4. The minimum atomic E-state index is -5.08. The van der Waals surface area contributed by atoms with Gasteiger partial charge in [-0.2, -0.15) is 26.3 Å². The van der Waals surface area contributed by atoms with Gasteiger partial charge in [0.25, 0.3) is 0 Å². The summed E-state index contributed by atoms with van der Waals surface area (Å²) in [6.07, 6.45) is -6.78. The van der Waals surface area contributed by atoms with Crippen molar-refractivity contribution in [2.75, 3.05) is 25.1 Å². The molecule has 194 valence electrons. The van der Waals surface area contributed by atoms with Gasteiger partial charge in [0.05, 0.1) is 11.8 Å². The van der Waals surface area contributed by atoms with Gasteiger partial charge in [0.15, 0.2) is 0 Å². The molecule has 1 saturated heterocycles. The van der Waals surface area contributed by atoms with Crippen LogP contribution in [-0.4, -0.2) is 71.8 Å². The topological polar surface area (TPSA) is 112 Å². The highest BCUT2D eigenvalue weighted by Gasteiger charge is 2.39. The van der Waals surface area contributed by atoms with Crippen molar-refractivity contribution in [3.8, 4) is 0 Å². The number of fused-ring (bicyclic) bond motifs is 3. The monoisotopic (exact) mass is 503 g/mol. The van der Waals surface area contributed by atoms with E-state index in [1.165, 1.54) is 11.4 Å². The Morgan fingerprint density at radius 1 is 1.15 bits per heavy atom. The molecule has 0 bridgehead atoms. The van der Waals surface area contributed by atoms with Crippen LogP contribution in [0.3, 0.4) is 0 Å². The third-order valence-electron chi connectivity index (χ3n) is 5.02. The van der Waals surface area contributed by atoms with Crippen molar-refractivity contribution in [2.45, 2.75) is 63.7 Å². The number of hydrogen-bond donors (Lipinski definition) is 3. The highest BCUT2D eigenvalue weighted by molar-refractivity contribution is 5.73. The lowest BCUT2D eigenvalue weighted by atomic mass is 10.1. The molecule has 1 fully saturated rings. The number of aromatic nitrogens is 1. The minimum absolute atomic E-state index is 0.127. The second-order valence-electron chi connectivity index (χ2n) is 7.61. The van der Waals surface area contributed by atoms with Crippen molar-refractivity contribution < 1.29 is 50.9 Å². The van der Waals surface area contributed by atoms with E-state index in [9.17, 15) is 26.3 Å². The van der Waals surface area contributed by atoms with E-state index in [-0.39, 0.29) is 6.10 Å². The molecule has 1 aromatic rings. The molecule has 14 heteroatoms. The average Bonchev–Trinajstić information content (AvgIpc) is 3.10. The van der Waals surface area contributed by atoms with Crippen molar-refractivity contribution in [2.24, 2.45) is 0 Å². The molecule has 0 amide bonds. The fourth-order valence-electron chi connectivity index (χ4n) is 3.52. The molecule has 0 spiro atoms. The molecule has 1 unspecified atom stereocenters. The Morgan fingerprint density at radius 3 is 2.12 bits per heavy atom. The maximum atomic E-state index is 10.6. The first-order valence-electron chi connectivity index (χ1n) is 10.2. The maximum Gasteiger partial charge on any atom is 0.490 e. The SMILES string of the molecule is CCCC(OC)c1ccc2c(n1)N1[C@@H](CNC[C@H]1C)C2.O=C(O)C(F)(F)F.O=C(O)C(F)(F)F. The second kappa shape index (κ2) is 12.2. The van der Waals surface area contributed by atoms with Crippen molar-refractivity contribution in [1.29, 1.82) is 0 Å². The first-order chi connectivity index (χ1) is 15.6. The number of carboxylic acids is 2. The lowest BCUT2D eigenvalue weighted by molar-refractivity contribution is -0.193. The van der Waals surface area contributed by atoms with E-state index in [1.807, 2.05) is 0 Å². The molecule has 3 rings (SSSR count). The highest BCUT2D eigenvalue weighted by Crippen LogP contribution is 2.35. The van der Waals surface area contributed by atoms with E-state index in [1.54, 1.807) is 7.11 Å². The van der Waals surface area contributed by atoms with E-state index in [4.69, 9.17) is 29.5 Å². The summed E-state index contributed by atoms with van der Waals surface area (Å²) < 4.78 is 69.1. The van der Waals surface area contributed by atoms with Crippen molar-refractivity contribution in [3.05, 3.63) is 23.4 Å². The van der Waals surface area contributed by atoms with Crippen LogP contribution in [0.15, 0.2) is 12.1 Å². The molecule has 0 aromatic carbocycles. The van der Waals surface area contributed by atoms with Crippen molar-refractivity contribution in [1.82, 2.24) is 10.3 Å². The number of rotatable bonds is 4. The summed E-state index contributed by atoms with van der Waals surface area (Å²) in [4.78, 5) is 25.3. The molecule has 3 N–H and O–H groups in total. The Balaban J connectivity index is 0.000000343. The van der Waals surface area contributed by atoms with Crippen LogP contribution in [0.4, 0.5) is 32.2 Å². The maximum absolute atomic E-state index is 10.6. The Kier molecular flexibility index (Phi) is 10.6. The number of carbonyl (C=O) groups is 2. The number of carboxylic acid groups (broad SMARTS) is 2. The number of piperazine rings is 1. The van der Waals surface area contributed by atoms with Crippen LogP contribution < -0.4 is 10.2 Å². The van der Waals surface area contributed by atoms with E-state index in [0.29, 0.717) is 12.1 Å². The molecular formula is C20H27F6N3O5. The zero-order valence-corrected chi connectivity index (χ0v) is 18.7. The Morgan fingerprint density at radius 2 is 1.68 bits per heavy atom. The van der Waals surface area contributed by atoms with Gasteiger partial charge >= 0.3 is 24.3 Å². The van der Waals surface area contributed by atoms with E-state index < -0.39 is 24.3 Å². The highest BCUT2D eigenvalue weighted by atomic mass is 19.4. The first-order valence-corrected chi connectivity index (χ1v) is 10.2. The van der Waals surface area contributed by atoms with Crippen LogP contribution >= 0.6 is 0 Å². The van der Waals surface area contributed by atoms with Crippen molar-refractivity contribution >= 4 is 17.8 Å². The molecule has 3 atom stereocenters. The Bertz CT molecular complexity index is 810. The molecule has 2 aliphatic rings. The number of hydrogen-bond acceptors (Lipinski definition) is 6. The molecule has 3 heterocycles. The lowest BCUT2D eigenvalue weighted by Crippen LogP contribution is -2.55. The van der Waals surface area contributed by atoms with Gasteiger partial charge in [-0.3, -0.25) is 0 Å². The fraction of sp³-hybridized carbons (Fsp3) is 0.650. The molecule has 1 aromatic heterocycles. The number of pyridine rings is 1. The van der Waals surface area contributed by atoms with Crippen LogP contribution in [-0.2, 0) is 20.7 Å². The van der Waals surface area contributed by atoms with E-state index in [2.05, 4.69) is 36.2 Å². The standard InChI is InChI=1S/C16H25N3O.2C2HF3O2/c1-4-5-15(20-3)14-7-6-12-8-13-10-17-9-11(2)19(13)16(12)18-14;2*3-2(4,5)1(6)7/h6-7,11,13,15,17H,4-5,8-10H2,1-3H3;2*(H,6,7)/t11-,13-,15?;;/m1../s1. The molecular weight excluding hydrogens is 476 g/mol. The molecule has 34 heavy (non-hydrogen) atoms. The Labute approximate surface area is 191 Å². The van der Waals surface area contributed by atoms with E-state index in [0.717, 1.165) is 38.0 Å². The van der Waals surface area contributed by atoms with Gasteiger partial charge in [0, 0.05) is 32.3 Å². The number of aliphatic carboxylic acids is 2. The van der Waals surface area contributed by atoms with Gasteiger partial charge in [-0.05, 0) is 31.4 Å². The summed E-state index contributed by atoms with van der Waals surface area (Å²) in [6, 6.07) is 5.50. The van der Waals surface area contributed by atoms with Gasteiger partial charge < -0.3 is 25.2 Å². The molecule has 8 nitrogen and oxygen atoms in total. The van der Waals surface area contributed by atoms with Gasteiger partial charge in [-0.1, -0.05) is 19.4 Å². The average molecular weight is 503 g/mol. The van der Waals surface area contributed by atoms with Crippen LogP contribution in [0, 0.1) is 0 Å². The number of ether oxygens (including phenoxy) is 1. The summed E-state index contributed by atoms with van der Waals surface area (Å²) in [7, 11) is 1.78. The minimum Gasteiger partial charge on any atom is -0.475 e. The second-order valence-corrected chi connectivity index (χ2v) is 7.61. The molecule has 2 aliphatic heterocycles. The van der Waals surface area contributed by atoms with E-state index >= 15 is 0 Å². The van der Waals surface area contributed by atoms with Gasteiger partial charge in [0.1, 0.15) is 5.82 Å². The summed E-state index contributed by atoms with van der Waals surface area (Å²) in [5.41, 5.74) is 2.47. The smallest absolute Gasteiger partial charge is 0.475 e. The summed E-state index contributed by atoms with van der Waals surface area (Å²) in [6.45, 7) is 6.58. The predicted octanol–water partition coefficient (Wildman–Crippen LogP) is 3.56. The summed E-state index contributed by atoms with van der Waals surface area (Å²) >= 11 is 0. The Hall–Kier alpha value is -2.61. The number of halogens is 6. The van der Waals surface area contributed by atoms with Crippen molar-refractivity contribution in [3.63, 3.8) is 0 Å². The number of alkyl halides is 6. The zero-order valence-electron chi connectivity index (χ0n) is 18.7. The van der Waals surface area contributed by atoms with Crippen LogP contribution in [0.5, 0.6) is 0 Å².